The zero-order valence-electron chi connectivity index (χ0n) is 14.1. The molecule has 5 heteroatoms. The van der Waals surface area contributed by atoms with Crippen molar-refractivity contribution in [3.05, 3.63) is 59.9 Å². The summed E-state index contributed by atoms with van der Waals surface area (Å²) in [5.74, 6) is 0.0602. The number of carbonyl (C=O) groups excluding carboxylic acids is 1. The molecular formula is C19H24N4O. The van der Waals surface area contributed by atoms with Crippen molar-refractivity contribution in [3.63, 3.8) is 0 Å². The highest BCUT2D eigenvalue weighted by atomic mass is 16.2. The molecule has 1 amide bonds. The van der Waals surface area contributed by atoms with Gasteiger partial charge in [0.25, 0.3) is 0 Å². The average Bonchev–Trinajstić information content (AvgIpc) is 2.60. The largest absolute Gasteiger partial charge is 0.325 e. The first-order valence-electron chi connectivity index (χ1n) is 8.40. The van der Waals surface area contributed by atoms with Crippen LogP contribution in [-0.4, -0.2) is 53.4 Å². The van der Waals surface area contributed by atoms with Crippen LogP contribution < -0.4 is 5.32 Å². The van der Waals surface area contributed by atoms with Crippen molar-refractivity contribution in [2.75, 3.05) is 38.0 Å². The van der Waals surface area contributed by atoms with Crippen molar-refractivity contribution in [3.8, 4) is 0 Å². The molecule has 0 saturated carbocycles. The zero-order valence-corrected chi connectivity index (χ0v) is 14.1. The first-order chi connectivity index (χ1) is 11.7. The predicted molar refractivity (Wildman–Crippen MR) is 95.8 cm³/mol. The molecule has 0 bridgehead atoms. The van der Waals surface area contributed by atoms with Gasteiger partial charge in [-0.3, -0.25) is 19.6 Å². The Morgan fingerprint density at radius 1 is 1.08 bits per heavy atom. The van der Waals surface area contributed by atoms with E-state index in [0.29, 0.717) is 6.54 Å². The highest BCUT2D eigenvalue weighted by Crippen LogP contribution is 2.13. The van der Waals surface area contributed by atoms with E-state index in [1.807, 2.05) is 43.5 Å². The third-order valence-corrected chi connectivity index (χ3v) is 4.38. The lowest BCUT2D eigenvalue weighted by Gasteiger charge is -2.34. The molecule has 1 aliphatic heterocycles. The first kappa shape index (κ1) is 16.6. The Morgan fingerprint density at radius 2 is 1.83 bits per heavy atom. The molecule has 1 saturated heterocycles. The third kappa shape index (κ3) is 4.63. The van der Waals surface area contributed by atoms with Crippen molar-refractivity contribution in [1.82, 2.24) is 14.8 Å². The van der Waals surface area contributed by atoms with Crippen molar-refractivity contribution < 1.29 is 4.79 Å². The van der Waals surface area contributed by atoms with Crippen LogP contribution in [-0.2, 0) is 11.3 Å². The molecule has 1 fully saturated rings. The number of pyridine rings is 1. The molecule has 2 aromatic rings. The summed E-state index contributed by atoms with van der Waals surface area (Å²) in [7, 11) is 0. The number of hydrogen-bond acceptors (Lipinski definition) is 4. The standard InChI is InChI=1S/C19H24N4O/c1-16-5-2-3-7-18(16)21-19(24)15-23-11-9-22(10-12-23)14-17-6-4-8-20-13-17/h2-8,13H,9-12,14-15H2,1H3,(H,21,24). The number of piperazine rings is 1. The maximum atomic E-state index is 12.2. The van der Waals surface area contributed by atoms with Gasteiger partial charge in [-0.05, 0) is 30.2 Å². The lowest BCUT2D eigenvalue weighted by molar-refractivity contribution is -0.117. The summed E-state index contributed by atoms with van der Waals surface area (Å²) in [6.45, 7) is 7.18. The Hall–Kier alpha value is -2.24. The van der Waals surface area contributed by atoms with E-state index in [0.717, 1.165) is 44.0 Å². The number of carbonyl (C=O) groups is 1. The first-order valence-corrected chi connectivity index (χ1v) is 8.40. The van der Waals surface area contributed by atoms with E-state index in [-0.39, 0.29) is 5.91 Å². The summed E-state index contributed by atoms with van der Waals surface area (Å²) in [5.41, 5.74) is 3.23. The number of benzene rings is 1. The second-order valence-corrected chi connectivity index (χ2v) is 6.28. The molecule has 1 N–H and O–H groups in total. The SMILES string of the molecule is Cc1ccccc1NC(=O)CN1CCN(Cc2cccnc2)CC1. The maximum absolute atomic E-state index is 12.2. The molecule has 24 heavy (non-hydrogen) atoms. The third-order valence-electron chi connectivity index (χ3n) is 4.38. The van der Waals surface area contributed by atoms with E-state index in [4.69, 9.17) is 0 Å². The highest BCUT2D eigenvalue weighted by molar-refractivity contribution is 5.92. The van der Waals surface area contributed by atoms with Gasteiger partial charge in [-0.1, -0.05) is 24.3 Å². The number of nitrogens with one attached hydrogen (secondary N) is 1. The lowest BCUT2D eigenvalue weighted by atomic mass is 10.2. The molecule has 1 aromatic heterocycles. The summed E-state index contributed by atoms with van der Waals surface area (Å²) in [5, 5.41) is 3.01. The summed E-state index contributed by atoms with van der Waals surface area (Å²) in [4.78, 5) is 21.0. The molecule has 1 aromatic carbocycles. The fourth-order valence-corrected chi connectivity index (χ4v) is 2.96. The second kappa shape index (κ2) is 8.04. The van der Waals surface area contributed by atoms with Gasteiger partial charge in [-0.25, -0.2) is 0 Å². The molecule has 0 atom stereocenters. The fraction of sp³-hybridized carbons (Fsp3) is 0.368. The summed E-state index contributed by atoms with van der Waals surface area (Å²) in [6.07, 6.45) is 3.72. The minimum atomic E-state index is 0.0602. The molecule has 2 heterocycles. The zero-order chi connectivity index (χ0) is 16.8. The number of aromatic nitrogens is 1. The van der Waals surface area contributed by atoms with Gasteiger partial charge in [0.2, 0.25) is 5.91 Å². The van der Waals surface area contributed by atoms with Gasteiger partial charge in [0.15, 0.2) is 0 Å². The van der Waals surface area contributed by atoms with Crippen molar-refractivity contribution in [1.29, 1.82) is 0 Å². The van der Waals surface area contributed by atoms with Crippen LogP contribution in [0.4, 0.5) is 5.69 Å². The van der Waals surface area contributed by atoms with Crippen LogP contribution in [0.1, 0.15) is 11.1 Å². The number of para-hydroxylation sites is 1. The van der Waals surface area contributed by atoms with Gasteiger partial charge in [-0.2, -0.15) is 0 Å². The Bertz CT molecular complexity index is 666. The van der Waals surface area contributed by atoms with Crippen LogP contribution in [0, 0.1) is 6.92 Å². The predicted octanol–water partition coefficient (Wildman–Crippen LogP) is 2.15. The molecule has 0 unspecified atom stereocenters. The number of rotatable bonds is 5. The van der Waals surface area contributed by atoms with Crippen LogP contribution in [0.15, 0.2) is 48.8 Å². The summed E-state index contributed by atoms with van der Waals surface area (Å²) < 4.78 is 0. The molecule has 126 valence electrons. The monoisotopic (exact) mass is 324 g/mol. The number of hydrogen-bond donors (Lipinski definition) is 1. The van der Waals surface area contributed by atoms with Crippen LogP contribution in [0.25, 0.3) is 0 Å². The van der Waals surface area contributed by atoms with E-state index < -0.39 is 0 Å². The smallest absolute Gasteiger partial charge is 0.238 e. The summed E-state index contributed by atoms with van der Waals surface area (Å²) >= 11 is 0. The second-order valence-electron chi connectivity index (χ2n) is 6.28. The van der Waals surface area contributed by atoms with Crippen LogP contribution in [0.2, 0.25) is 0 Å². The number of nitrogens with zero attached hydrogens (tertiary/aromatic N) is 3. The Morgan fingerprint density at radius 3 is 2.54 bits per heavy atom. The fourth-order valence-electron chi connectivity index (χ4n) is 2.96. The summed E-state index contributed by atoms with van der Waals surface area (Å²) in [6, 6.07) is 12.0. The van der Waals surface area contributed by atoms with Crippen molar-refractivity contribution in [2.45, 2.75) is 13.5 Å². The van der Waals surface area contributed by atoms with Crippen molar-refractivity contribution in [2.24, 2.45) is 0 Å². The molecule has 5 nitrogen and oxygen atoms in total. The van der Waals surface area contributed by atoms with E-state index in [1.165, 1.54) is 5.56 Å². The Balaban J connectivity index is 1.43. The Kier molecular flexibility index (Phi) is 5.56. The number of amides is 1. The minimum absolute atomic E-state index is 0.0602. The van der Waals surface area contributed by atoms with Crippen LogP contribution in [0.5, 0.6) is 0 Å². The van der Waals surface area contributed by atoms with Gasteiger partial charge in [0.1, 0.15) is 0 Å². The number of anilines is 1. The van der Waals surface area contributed by atoms with Gasteiger partial charge in [0, 0.05) is 50.8 Å². The number of aryl methyl sites for hydroxylation is 1. The van der Waals surface area contributed by atoms with Crippen LogP contribution >= 0.6 is 0 Å². The van der Waals surface area contributed by atoms with E-state index in [2.05, 4.69) is 26.2 Å². The molecule has 0 spiro atoms. The highest BCUT2D eigenvalue weighted by Gasteiger charge is 2.19. The maximum Gasteiger partial charge on any atom is 0.238 e. The van der Waals surface area contributed by atoms with E-state index >= 15 is 0 Å². The van der Waals surface area contributed by atoms with Gasteiger partial charge < -0.3 is 5.32 Å². The van der Waals surface area contributed by atoms with Gasteiger partial charge in [-0.15, -0.1) is 0 Å². The van der Waals surface area contributed by atoms with Gasteiger partial charge in [0.05, 0.1) is 6.54 Å². The quantitative estimate of drug-likeness (QED) is 0.915. The Labute approximate surface area is 143 Å². The van der Waals surface area contributed by atoms with E-state index in [1.54, 1.807) is 6.20 Å². The minimum Gasteiger partial charge on any atom is -0.325 e. The average molecular weight is 324 g/mol. The normalized spacial score (nSPS) is 16.0. The van der Waals surface area contributed by atoms with Crippen LogP contribution in [0.3, 0.4) is 0 Å². The topological polar surface area (TPSA) is 48.5 Å². The van der Waals surface area contributed by atoms with E-state index in [9.17, 15) is 4.79 Å². The molecule has 0 radical (unpaired) electrons. The molecule has 0 aliphatic carbocycles. The molecular weight excluding hydrogens is 300 g/mol. The van der Waals surface area contributed by atoms with Gasteiger partial charge >= 0.3 is 0 Å². The van der Waals surface area contributed by atoms with Crippen molar-refractivity contribution >= 4 is 11.6 Å². The lowest BCUT2D eigenvalue weighted by Crippen LogP contribution is -2.48. The molecule has 3 rings (SSSR count). The molecule has 1 aliphatic rings.